The molecule has 1 atom stereocenters. The molecule has 1 unspecified atom stereocenters. The fraction of sp³-hybridized carbons (Fsp3) is 0.500. The van der Waals surface area contributed by atoms with Gasteiger partial charge in [0, 0.05) is 0 Å². The van der Waals surface area contributed by atoms with Crippen molar-refractivity contribution in [1.29, 1.82) is 0 Å². The van der Waals surface area contributed by atoms with Crippen molar-refractivity contribution in [3.63, 3.8) is 0 Å². The molecule has 52 valence electrons. The van der Waals surface area contributed by atoms with E-state index in [0.717, 1.165) is 0 Å². The third-order valence-corrected chi connectivity index (χ3v) is 0.567. The number of hydrogen-bond donors (Lipinski definition) is 0. The first-order valence-electron chi connectivity index (χ1n) is 1.10. The Kier molecular flexibility index (Phi) is 9.56. The van der Waals surface area contributed by atoms with E-state index in [1.54, 1.807) is 0 Å². The van der Waals surface area contributed by atoms with Crippen molar-refractivity contribution in [1.82, 2.24) is 0 Å². The van der Waals surface area contributed by atoms with Crippen molar-refractivity contribution >= 4 is 11.1 Å². The van der Waals surface area contributed by atoms with E-state index < -0.39 is 16.6 Å². The predicted molar refractivity (Wildman–Crippen MR) is 21.4 cm³/mol. The van der Waals surface area contributed by atoms with Crippen LogP contribution < -0.4 is 18.9 Å². The maximum absolute atomic E-state index is 10.6. The summed E-state index contributed by atoms with van der Waals surface area (Å²) in [5.41, 5.74) is -5.08. The van der Waals surface area contributed by atoms with Crippen molar-refractivity contribution in [3.05, 3.63) is 7.43 Å². The van der Waals surface area contributed by atoms with E-state index in [1.165, 1.54) is 0 Å². The maximum atomic E-state index is 10.6. The van der Waals surface area contributed by atoms with Crippen molar-refractivity contribution in [3.8, 4) is 0 Å². The van der Waals surface area contributed by atoms with Gasteiger partial charge in [-0.2, -0.15) is 13.2 Å². The average Bonchev–Trinajstić information content (AvgIpc) is 1.31. The van der Waals surface area contributed by atoms with Gasteiger partial charge in [-0.25, -0.2) is 0 Å². The molecule has 7 heteroatoms. The topological polar surface area (TPSA) is 40.1 Å². The first-order chi connectivity index (χ1) is 2.94. The van der Waals surface area contributed by atoms with E-state index in [4.69, 9.17) is 8.76 Å². The van der Waals surface area contributed by atoms with E-state index in [2.05, 4.69) is 0 Å². The molecule has 2 nitrogen and oxygen atoms in total. The monoisotopic (exact) mass is 155 g/mol. The molecular formula is C2H3F3LiO2S-. The van der Waals surface area contributed by atoms with Gasteiger partial charge in [-0.05, 0) is 0 Å². The van der Waals surface area contributed by atoms with Crippen LogP contribution in [-0.2, 0) is 11.1 Å². The Labute approximate surface area is 65.3 Å². The maximum Gasteiger partial charge on any atom is 1.00 e. The summed E-state index contributed by atoms with van der Waals surface area (Å²) in [6, 6.07) is 0. The Hall–Kier alpha value is 0.497. The van der Waals surface area contributed by atoms with Crippen LogP contribution in [0.3, 0.4) is 0 Å². The van der Waals surface area contributed by atoms with Crippen LogP contribution in [0.15, 0.2) is 0 Å². The predicted octanol–water partition coefficient (Wildman–Crippen LogP) is -2.16. The molecule has 0 aromatic carbocycles. The van der Waals surface area contributed by atoms with Crippen LogP contribution in [-0.4, -0.2) is 14.3 Å². The summed E-state index contributed by atoms with van der Waals surface area (Å²) >= 11 is -3.93. The molecule has 0 fully saturated rings. The van der Waals surface area contributed by atoms with Gasteiger partial charge in [0.15, 0.2) is 0 Å². The molecule has 0 bridgehead atoms. The fourth-order valence-electron chi connectivity index (χ4n) is 0. The number of hydrogen-bond acceptors (Lipinski definition) is 2. The molecule has 9 heavy (non-hydrogen) atoms. The Balaban J connectivity index is -0.000000180. The van der Waals surface area contributed by atoms with E-state index in [9.17, 15) is 13.2 Å². The van der Waals surface area contributed by atoms with E-state index in [1.807, 2.05) is 0 Å². The summed E-state index contributed by atoms with van der Waals surface area (Å²) in [6.07, 6.45) is 0. The molecule has 0 saturated carbocycles. The molecule has 0 aliphatic carbocycles. The Morgan fingerprint density at radius 3 is 1.44 bits per heavy atom. The van der Waals surface area contributed by atoms with Gasteiger partial charge in [0.05, 0.1) is 11.1 Å². The van der Waals surface area contributed by atoms with Crippen LogP contribution in [0.25, 0.3) is 0 Å². The molecule has 0 amide bonds. The molecular weight excluding hydrogens is 152 g/mol. The largest absolute Gasteiger partial charge is 1.00 e. The molecule has 0 rings (SSSR count). The van der Waals surface area contributed by atoms with Crippen LogP contribution in [0.5, 0.6) is 0 Å². The van der Waals surface area contributed by atoms with E-state index in [0.29, 0.717) is 0 Å². The second kappa shape index (κ2) is 5.30. The smallest absolute Gasteiger partial charge is 0.766 e. The zero-order chi connectivity index (χ0) is 6.08. The van der Waals surface area contributed by atoms with Crippen LogP contribution in [0, 0.1) is 7.43 Å². The SMILES string of the molecule is O=S([O-])C(F)(F)F.[CH3-].[Li+]. The Morgan fingerprint density at radius 1 is 1.33 bits per heavy atom. The normalized spacial score (nSPS) is 12.9. The third kappa shape index (κ3) is 8.50. The zero-order valence-electron chi connectivity index (χ0n) is 4.86. The van der Waals surface area contributed by atoms with Gasteiger partial charge in [-0.3, -0.25) is 4.21 Å². The Bertz CT molecular complexity index is 92.3. The van der Waals surface area contributed by atoms with Gasteiger partial charge in [0.2, 0.25) is 0 Å². The first-order valence-corrected chi connectivity index (χ1v) is 2.18. The average molecular weight is 155 g/mol. The van der Waals surface area contributed by atoms with Crippen LogP contribution >= 0.6 is 0 Å². The van der Waals surface area contributed by atoms with Gasteiger partial charge in [0.25, 0.3) is 0 Å². The molecule has 0 aliphatic rings. The minimum Gasteiger partial charge on any atom is -0.766 e. The van der Waals surface area contributed by atoms with Crippen LogP contribution in [0.1, 0.15) is 0 Å². The molecule has 0 aliphatic heterocycles. The summed E-state index contributed by atoms with van der Waals surface area (Å²) in [7, 11) is 0. The number of halogens is 3. The summed E-state index contributed by atoms with van der Waals surface area (Å²) in [5.74, 6) is 0. The molecule has 0 spiro atoms. The summed E-state index contributed by atoms with van der Waals surface area (Å²) in [5, 5.41) is 0. The summed E-state index contributed by atoms with van der Waals surface area (Å²) in [6.45, 7) is 0. The van der Waals surface area contributed by atoms with Gasteiger partial charge < -0.3 is 12.0 Å². The van der Waals surface area contributed by atoms with Crippen molar-refractivity contribution in [2.24, 2.45) is 0 Å². The van der Waals surface area contributed by atoms with Gasteiger partial charge in [-0.1, -0.05) is 0 Å². The second-order valence-corrected chi connectivity index (χ2v) is 1.61. The van der Waals surface area contributed by atoms with Gasteiger partial charge in [-0.15, -0.1) is 0 Å². The van der Waals surface area contributed by atoms with Crippen LogP contribution in [0.4, 0.5) is 13.2 Å². The number of alkyl halides is 3. The zero-order valence-corrected chi connectivity index (χ0v) is 5.68. The molecule has 0 N–H and O–H groups in total. The minimum atomic E-state index is -5.08. The molecule has 0 radical (unpaired) electrons. The van der Waals surface area contributed by atoms with E-state index >= 15 is 0 Å². The summed E-state index contributed by atoms with van der Waals surface area (Å²) in [4.78, 5) is 0. The molecule has 0 aromatic heterocycles. The van der Waals surface area contributed by atoms with Crippen molar-refractivity contribution in [2.45, 2.75) is 5.51 Å². The standard InChI is InChI=1S/CHF3O2S.CH3.Li/c2-1(3,4)7(5)6;;/h(H,5,6);1H3;/q;-1;+1/p-1. The van der Waals surface area contributed by atoms with Crippen LogP contribution in [0.2, 0.25) is 0 Å². The molecule has 0 heterocycles. The summed E-state index contributed by atoms with van der Waals surface area (Å²) < 4.78 is 49.5. The minimum absolute atomic E-state index is 0. The Morgan fingerprint density at radius 2 is 1.44 bits per heavy atom. The van der Waals surface area contributed by atoms with Crippen molar-refractivity contribution in [2.75, 3.05) is 0 Å². The van der Waals surface area contributed by atoms with Crippen molar-refractivity contribution < 1.29 is 40.8 Å². The molecule has 0 saturated heterocycles. The first kappa shape index (κ1) is 16.2. The van der Waals surface area contributed by atoms with Gasteiger partial charge in [0.1, 0.15) is 0 Å². The molecule has 0 aromatic rings. The van der Waals surface area contributed by atoms with E-state index in [-0.39, 0.29) is 26.3 Å². The number of rotatable bonds is 0. The van der Waals surface area contributed by atoms with Gasteiger partial charge >= 0.3 is 24.4 Å². The fourth-order valence-corrected chi connectivity index (χ4v) is 0. The second-order valence-electron chi connectivity index (χ2n) is 0.680. The quantitative estimate of drug-likeness (QED) is 0.227. The third-order valence-electron chi connectivity index (χ3n) is 0.189.